The average molecular weight is 451 g/mol. The quantitative estimate of drug-likeness (QED) is 0.460. The third-order valence-electron chi connectivity index (χ3n) is 5.35. The number of esters is 2. The Balaban J connectivity index is 2.18. The fraction of sp³-hybridized carbons (Fsp3) is 0.333. The summed E-state index contributed by atoms with van der Waals surface area (Å²) in [4.78, 5) is 24.0. The van der Waals surface area contributed by atoms with E-state index in [1.807, 2.05) is 45.0 Å². The van der Waals surface area contributed by atoms with Crippen LogP contribution in [0.5, 0.6) is 5.75 Å². The van der Waals surface area contributed by atoms with E-state index < -0.39 is 17.5 Å². The van der Waals surface area contributed by atoms with Crippen molar-refractivity contribution in [3.05, 3.63) is 70.8 Å². The normalized spacial score (nSPS) is 11.3. The van der Waals surface area contributed by atoms with E-state index in [9.17, 15) is 14.7 Å². The second kappa shape index (κ2) is 11.9. The third kappa shape index (κ3) is 6.96. The predicted molar refractivity (Wildman–Crippen MR) is 127 cm³/mol. The molecule has 33 heavy (non-hydrogen) atoms. The average Bonchev–Trinajstić information content (AvgIpc) is 2.86. The SMILES string of the molecule is CCC(O)(C#C/C=C(\C)c1cccc(OCc2ccc(C(=O)OC)c(C(=O)OC)c2)c1)CC. The van der Waals surface area contributed by atoms with Gasteiger partial charge in [-0.2, -0.15) is 0 Å². The molecule has 1 N–H and O–H groups in total. The lowest BCUT2D eigenvalue weighted by atomic mass is 9.98. The molecule has 0 aliphatic rings. The lowest BCUT2D eigenvalue weighted by Gasteiger charge is -2.16. The van der Waals surface area contributed by atoms with E-state index in [1.54, 1.807) is 18.2 Å². The molecule has 0 atom stereocenters. The molecule has 0 radical (unpaired) electrons. The lowest BCUT2D eigenvalue weighted by Crippen LogP contribution is -2.23. The first-order valence-electron chi connectivity index (χ1n) is 10.7. The van der Waals surface area contributed by atoms with Gasteiger partial charge in [-0.1, -0.05) is 43.9 Å². The van der Waals surface area contributed by atoms with Gasteiger partial charge < -0.3 is 19.3 Å². The van der Waals surface area contributed by atoms with E-state index in [2.05, 4.69) is 11.8 Å². The van der Waals surface area contributed by atoms with Gasteiger partial charge in [-0.3, -0.25) is 0 Å². The van der Waals surface area contributed by atoms with Crippen LogP contribution in [0.3, 0.4) is 0 Å². The van der Waals surface area contributed by atoms with Gasteiger partial charge in [0.2, 0.25) is 0 Å². The monoisotopic (exact) mass is 450 g/mol. The number of rotatable bonds is 8. The molecule has 0 unspecified atom stereocenters. The minimum absolute atomic E-state index is 0.121. The van der Waals surface area contributed by atoms with Gasteiger partial charge in [0, 0.05) is 0 Å². The molecule has 0 aliphatic heterocycles. The van der Waals surface area contributed by atoms with Gasteiger partial charge in [-0.25, -0.2) is 9.59 Å². The van der Waals surface area contributed by atoms with Crippen molar-refractivity contribution in [2.24, 2.45) is 0 Å². The molecular formula is C27H30O6. The van der Waals surface area contributed by atoms with Crippen LogP contribution < -0.4 is 4.74 Å². The summed E-state index contributed by atoms with van der Waals surface area (Å²) in [5.41, 5.74) is 1.87. The zero-order valence-electron chi connectivity index (χ0n) is 19.7. The van der Waals surface area contributed by atoms with E-state index in [1.165, 1.54) is 20.3 Å². The summed E-state index contributed by atoms with van der Waals surface area (Å²) >= 11 is 0. The fourth-order valence-electron chi connectivity index (χ4n) is 3.03. The molecule has 0 amide bonds. The summed E-state index contributed by atoms with van der Waals surface area (Å²) in [6, 6.07) is 12.3. The molecule has 0 fully saturated rings. The number of hydrogen-bond donors (Lipinski definition) is 1. The number of carbonyl (C=O) groups is 2. The van der Waals surface area contributed by atoms with Crippen LogP contribution in [0.25, 0.3) is 5.57 Å². The lowest BCUT2D eigenvalue weighted by molar-refractivity contribution is 0.0555. The van der Waals surface area contributed by atoms with Crippen LogP contribution in [-0.4, -0.2) is 36.9 Å². The van der Waals surface area contributed by atoms with Crippen molar-refractivity contribution in [3.63, 3.8) is 0 Å². The van der Waals surface area contributed by atoms with Crippen LogP contribution in [-0.2, 0) is 16.1 Å². The second-order valence-corrected chi connectivity index (χ2v) is 7.51. The molecule has 2 aromatic carbocycles. The zero-order valence-corrected chi connectivity index (χ0v) is 19.7. The molecular weight excluding hydrogens is 420 g/mol. The van der Waals surface area contributed by atoms with Gasteiger partial charge in [0.15, 0.2) is 0 Å². The van der Waals surface area contributed by atoms with Gasteiger partial charge in [-0.15, -0.1) is 0 Å². The van der Waals surface area contributed by atoms with Crippen LogP contribution in [0.2, 0.25) is 0 Å². The Kier molecular flexibility index (Phi) is 9.26. The predicted octanol–water partition coefficient (Wildman–Crippen LogP) is 4.80. The summed E-state index contributed by atoms with van der Waals surface area (Å²) in [5.74, 6) is 5.28. The van der Waals surface area contributed by atoms with E-state index in [0.29, 0.717) is 24.2 Å². The van der Waals surface area contributed by atoms with Gasteiger partial charge in [0.1, 0.15) is 18.0 Å². The maximum Gasteiger partial charge on any atom is 0.338 e. The molecule has 0 aliphatic carbocycles. The number of benzene rings is 2. The van der Waals surface area contributed by atoms with Crippen LogP contribution in [0.4, 0.5) is 0 Å². The van der Waals surface area contributed by atoms with Gasteiger partial charge in [0.25, 0.3) is 0 Å². The largest absolute Gasteiger partial charge is 0.489 e. The highest BCUT2D eigenvalue weighted by Gasteiger charge is 2.19. The molecule has 0 aromatic heterocycles. The molecule has 6 heteroatoms. The first kappa shape index (κ1) is 25.7. The number of hydrogen-bond acceptors (Lipinski definition) is 6. The Labute approximate surface area is 195 Å². The van der Waals surface area contributed by atoms with Crippen molar-refractivity contribution >= 4 is 17.5 Å². The Hall–Kier alpha value is -3.56. The first-order valence-corrected chi connectivity index (χ1v) is 10.7. The molecule has 174 valence electrons. The van der Waals surface area contributed by atoms with Crippen LogP contribution in [0.15, 0.2) is 48.5 Å². The van der Waals surface area contributed by atoms with Crippen LogP contribution in [0.1, 0.15) is 65.5 Å². The van der Waals surface area contributed by atoms with Crippen molar-refractivity contribution in [3.8, 4) is 17.6 Å². The Bertz CT molecular complexity index is 1080. The highest BCUT2D eigenvalue weighted by atomic mass is 16.5. The van der Waals surface area contributed by atoms with Crippen LogP contribution >= 0.6 is 0 Å². The van der Waals surface area contributed by atoms with Crippen LogP contribution in [0, 0.1) is 11.8 Å². The minimum Gasteiger partial charge on any atom is -0.489 e. The molecule has 0 bridgehead atoms. The summed E-state index contributed by atoms with van der Waals surface area (Å²) in [6.07, 6.45) is 2.93. The van der Waals surface area contributed by atoms with Crippen molar-refractivity contribution in [2.75, 3.05) is 14.2 Å². The summed E-state index contributed by atoms with van der Waals surface area (Å²) in [7, 11) is 2.51. The number of allylic oxidation sites excluding steroid dienone is 2. The smallest absolute Gasteiger partial charge is 0.338 e. The second-order valence-electron chi connectivity index (χ2n) is 7.51. The molecule has 0 spiro atoms. The number of methoxy groups -OCH3 is 2. The van der Waals surface area contributed by atoms with Crippen molar-refractivity contribution in [2.45, 2.75) is 45.8 Å². The maximum atomic E-state index is 12.1. The van der Waals surface area contributed by atoms with Gasteiger partial charge in [0.05, 0.1) is 25.3 Å². The fourth-order valence-corrected chi connectivity index (χ4v) is 3.03. The summed E-state index contributed by atoms with van der Waals surface area (Å²) in [5, 5.41) is 10.3. The molecule has 2 rings (SSSR count). The maximum absolute atomic E-state index is 12.1. The molecule has 6 nitrogen and oxygen atoms in total. The number of carbonyl (C=O) groups excluding carboxylic acids is 2. The number of aliphatic hydroxyl groups is 1. The van der Waals surface area contributed by atoms with E-state index in [0.717, 1.165) is 11.1 Å². The third-order valence-corrected chi connectivity index (χ3v) is 5.35. The first-order chi connectivity index (χ1) is 15.8. The highest BCUT2D eigenvalue weighted by molar-refractivity contribution is 6.03. The van der Waals surface area contributed by atoms with E-state index in [4.69, 9.17) is 14.2 Å². The zero-order chi connectivity index (χ0) is 24.4. The van der Waals surface area contributed by atoms with Crippen molar-refractivity contribution in [1.29, 1.82) is 0 Å². The molecule has 0 saturated heterocycles. The minimum atomic E-state index is -0.964. The molecule has 0 saturated carbocycles. The van der Waals surface area contributed by atoms with Crippen molar-refractivity contribution in [1.82, 2.24) is 0 Å². The van der Waals surface area contributed by atoms with E-state index >= 15 is 0 Å². The van der Waals surface area contributed by atoms with Gasteiger partial charge >= 0.3 is 11.9 Å². The Morgan fingerprint density at radius 1 is 1.00 bits per heavy atom. The Morgan fingerprint density at radius 2 is 1.67 bits per heavy atom. The topological polar surface area (TPSA) is 82.1 Å². The summed E-state index contributed by atoms with van der Waals surface area (Å²) < 4.78 is 15.4. The standard InChI is InChI=1S/C27H30O6/c1-6-27(30,7-2)15-9-10-19(3)21-11-8-12-22(17-21)33-18-20-13-14-23(25(28)31-4)24(16-20)26(29)32-5/h8,10-14,16-17,30H,6-7,18H2,1-5H3/b19-10+. The van der Waals surface area contributed by atoms with Crippen molar-refractivity contribution < 1.29 is 28.9 Å². The number of ether oxygens (including phenoxy) is 3. The van der Waals surface area contributed by atoms with E-state index in [-0.39, 0.29) is 17.7 Å². The van der Waals surface area contributed by atoms with Gasteiger partial charge in [-0.05, 0) is 66.8 Å². The molecule has 2 aromatic rings. The molecule has 0 heterocycles. The summed E-state index contributed by atoms with van der Waals surface area (Å²) in [6.45, 7) is 5.95. The highest BCUT2D eigenvalue weighted by Crippen LogP contribution is 2.22. The Morgan fingerprint density at radius 3 is 2.30 bits per heavy atom.